The summed E-state index contributed by atoms with van der Waals surface area (Å²) in [4.78, 5) is 0. The summed E-state index contributed by atoms with van der Waals surface area (Å²) < 4.78 is 13.1. The van der Waals surface area contributed by atoms with Gasteiger partial charge >= 0.3 is 0 Å². The summed E-state index contributed by atoms with van der Waals surface area (Å²) in [7, 11) is 1.51. The lowest BCUT2D eigenvalue weighted by Crippen LogP contribution is -2.14. The van der Waals surface area contributed by atoms with Crippen LogP contribution in [0.15, 0.2) is 100 Å². The second-order valence-corrected chi connectivity index (χ2v) is 12.1. The molecule has 3 aliphatic rings. The number of rotatable bonds is 14. The van der Waals surface area contributed by atoms with Crippen LogP contribution in [0.25, 0.3) is 0 Å². The first kappa shape index (κ1) is 30.3. The molecule has 0 heterocycles. The molecule has 0 nitrogen and oxygen atoms in total. The van der Waals surface area contributed by atoms with Gasteiger partial charge < -0.3 is 0 Å². The van der Waals surface area contributed by atoms with Gasteiger partial charge in [-0.15, -0.1) is 56.6 Å². The van der Waals surface area contributed by atoms with Crippen LogP contribution in [0.5, 0.6) is 0 Å². The summed E-state index contributed by atoms with van der Waals surface area (Å²) in [5, 5.41) is 0. The maximum Gasteiger partial charge on any atom is 0.0620 e. The highest BCUT2D eigenvalue weighted by molar-refractivity contribution is 8.02. The Morgan fingerprint density at radius 2 is 1.43 bits per heavy atom. The van der Waals surface area contributed by atoms with E-state index in [1.807, 2.05) is 12.2 Å². The van der Waals surface area contributed by atoms with Crippen LogP contribution < -0.4 is 0 Å². The van der Waals surface area contributed by atoms with Crippen molar-refractivity contribution in [3.05, 3.63) is 100 Å². The van der Waals surface area contributed by atoms with Crippen molar-refractivity contribution in [2.75, 3.05) is 6.64 Å². The molecule has 2 saturated carbocycles. The molecule has 0 N–H and O–H groups in total. The van der Waals surface area contributed by atoms with Gasteiger partial charge in [0.1, 0.15) is 0 Å². The first-order valence-corrected chi connectivity index (χ1v) is 17.0. The first-order chi connectivity index (χ1) is 18.9. The molecule has 0 aromatic rings. The van der Waals surface area contributed by atoms with E-state index in [0.29, 0.717) is 35.5 Å². The third kappa shape index (κ3) is 11.2. The van der Waals surface area contributed by atoms with Crippen LogP contribution in [-0.2, 0) is 0 Å². The molecule has 0 aromatic heterocycles. The van der Waals surface area contributed by atoms with Crippen LogP contribution in [-0.4, -0.2) is 7.92 Å². The molecule has 3 rings (SSSR count). The molecule has 0 aromatic carbocycles. The van der Waals surface area contributed by atoms with Gasteiger partial charge in [0.15, 0.2) is 0 Å². The predicted molar refractivity (Wildman–Crippen MR) is 178 cm³/mol. The normalized spacial score (nSPS) is 33.0. The second-order valence-electron chi connectivity index (χ2n) is 10.6. The number of allylic oxidation sites excluding steroid dienone is 10. The fourth-order valence-corrected chi connectivity index (χ4v) is 6.55. The van der Waals surface area contributed by atoms with Crippen LogP contribution in [0.3, 0.4) is 0 Å². The molecule has 2 heteroatoms. The molecule has 206 valence electrons. The Morgan fingerprint density at radius 1 is 0.838 bits per heavy atom. The molecule has 10 atom stereocenters. The second kappa shape index (κ2) is 20.7. The van der Waals surface area contributed by atoms with Gasteiger partial charge in [0, 0.05) is 1.37 Å². The van der Waals surface area contributed by atoms with Gasteiger partial charge in [0.2, 0.25) is 0 Å². The van der Waals surface area contributed by atoms with Gasteiger partial charge in [-0.05, 0) is 105 Å². The lowest BCUT2D eigenvalue weighted by Gasteiger charge is -2.21. The number of hydrogen-bond acceptors (Lipinski definition) is 0. The summed E-state index contributed by atoms with van der Waals surface area (Å²) in [6.45, 7) is 23.8. The first-order valence-electron chi connectivity index (χ1n) is 15.4. The summed E-state index contributed by atoms with van der Waals surface area (Å²) in [5.41, 5.74) is 0. The average molecular weight is 541 g/mol. The van der Waals surface area contributed by atoms with E-state index < -0.39 is 8.21 Å². The quantitative estimate of drug-likeness (QED) is 0.117. The highest BCUT2D eigenvalue weighted by Crippen LogP contribution is 2.50. The molecule has 0 saturated heterocycles. The number of hydrogen-bond donors (Lipinski definition) is 0. The minimum Gasteiger partial charge on any atom is -0.115 e. The molecule has 2 fully saturated rings. The molecule has 0 bridgehead atoms. The summed E-state index contributed by atoms with van der Waals surface area (Å²) in [6, 6.07) is 0. The van der Waals surface area contributed by atoms with Crippen molar-refractivity contribution >= 4 is 17.1 Å². The zero-order chi connectivity index (χ0) is 29.0. The summed E-state index contributed by atoms with van der Waals surface area (Å²) in [6.07, 6.45) is 34.8. The monoisotopic (exact) mass is 540 g/mol. The summed E-state index contributed by atoms with van der Waals surface area (Å²) in [5.74, 6) is 5.26. The van der Waals surface area contributed by atoms with Crippen molar-refractivity contribution in [2.45, 2.75) is 64.2 Å². The molecular weight excluding hydrogens is 482 g/mol. The van der Waals surface area contributed by atoms with E-state index in [4.69, 9.17) is 2.65 Å². The lowest BCUT2D eigenvalue weighted by atomic mass is 9.83. The standard InChI is InChI=1S/C24H32.C10H18.CH6P2/c1-5-10-22-17(6-2)15-19(21(22)8-4)13-14-20-16-18(7-3)23-11-9-12-24(20)23;1-3-5-7-9-10-8-6-4-2;1-3-2/h5-9,11,13-14,17-24H,1-4,10,12,15-16H2;3-4H,1-2,5-10H2;3H,2H2,1H3/b14-13-;;/i;;1D,3D. The van der Waals surface area contributed by atoms with Crippen LogP contribution in [0.4, 0.5) is 0 Å². The molecule has 0 spiro atoms. The largest absolute Gasteiger partial charge is 0.115 e. The van der Waals surface area contributed by atoms with E-state index in [1.54, 1.807) is 0 Å². The average Bonchev–Trinajstić information content (AvgIpc) is 3.64. The van der Waals surface area contributed by atoms with Crippen molar-refractivity contribution in [2.24, 2.45) is 47.3 Å². The van der Waals surface area contributed by atoms with Gasteiger partial charge in [-0.1, -0.05) is 73.6 Å². The Kier molecular flexibility index (Phi) is 17.0. The molecule has 37 heavy (non-hydrogen) atoms. The zero-order valence-corrected chi connectivity index (χ0v) is 25.5. The molecular formula is C35H56P2. The van der Waals surface area contributed by atoms with Gasteiger partial charge in [-0.25, -0.2) is 0 Å². The van der Waals surface area contributed by atoms with Gasteiger partial charge in [0.25, 0.3) is 0 Å². The topological polar surface area (TPSA) is 0 Å². The van der Waals surface area contributed by atoms with E-state index >= 15 is 0 Å². The van der Waals surface area contributed by atoms with Crippen molar-refractivity contribution < 1.29 is 1.37 Å². The third-order valence-electron chi connectivity index (χ3n) is 8.42. The van der Waals surface area contributed by atoms with E-state index in [0.717, 1.165) is 18.3 Å². The van der Waals surface area contributed by atoms with Crippen molar-refractivity contribution in [1.82, 2.24) is 0 Å². The van der Waals surface area contributed by atoms with Crippen LogP contribution in [0.1, 0.15) is 65.6 Å². The Labute approximate surface area is 237 Å². The third-order valence-corrected chi connectivity index (χ3v) is 8.42. The molecule has 0 amide bonds. The fraction of sp³-hybridized carbons (Fsp3) is 0.543. The SMILES string of the molecule is C=CCC1C(C=C)CC(/C=C\C2CC(C=C)C3C=CCC23)C1C=C.C=CCCCCCCC=C.[2H]CP([2H])P. The van der Waals surface area contributed by atoms with Gasteiger partial charge in [-0.3, -0.25) is 0 Å². The molecule has 0 radical (unpaired) electrons. The minimum atomic E-state index is -0.765. The van der Waals surface area contributed by atoms with E-state index in [2.05, 4.69) is 97.0 Å². The van der Waals surface area contributed by atoms with Gasteiger partial charge in [-0.2, -0.15) is 0 Å². The van der Waals surface area contributed by atoms with Crippen molar-refractivity contribution in [1.29, 1.82) is 1.28 Å². The Bertz CT molecular complexity index is 786. The zero-order valence-electron chi connectivity index (χ0n) is 25.4. The number of fused-ring (bicyclic) bond motifs is 1. The van der Waals surface area contributed by atoms with Gasteiger partial charge in [0.05, 0.1) is 1.28 Å². The molecule has 0 aliphatic heterocycles. The van der Waals surface area contributed by atoms with Crippen molar-refractivity contribution in [3.63, 3.8) is 0 Å². The number of unbranched alkanes of at least 4 members (excludes halogenated alkanes) is 5. The summed E-state index contributed by atoms with van der Waals surface area (Å²) >= 11 is 0. The predicted octanol–water partition coefficient (Wildman–Crippen LogP) is 11.2. The minimum absolute atomic E-state index is 0.250. The van der Waals surface area contributed by atoms with E-state index in [1.165, 1.54) is 57.8 Å². The van der Waals surface area contributed by atoms with Crippen LogP contribution >= 0.6 is 17.1 Å². The van der Waals surface area contributed by atoms with Crippen molar-refractivity contribution in [3.8, 4) is 0 Å². The maximum atomic E-state index is 6.67. The Hall–Kier alpha value is -1.22. The molecule has 10 unspecified atom stereocenters. The fourth-order valence-electron chi connectivity index (χ4n) is 6.55. The Balaban J connectivity index is 0.000000421. The lowest BCUT2D eigenvalue weighted by molar-refractivity contribution is 0.386. The maximum absolute atomic E-state index is 6.67. The highest BCUT2D eigenvalue weighted by Gasteiger charge is 2.42. The Morgan fingerprint density at radius 3 is 1.95 bits per heavy atom. The highest BCUT2D eigenvalue weighted by atomic mass is 32.0. The molecule has 3 aliphatic carbocycles. The van der Waals surface area contributed by atoms with E-state index in [-0.39, 0.29) is 6.64 Å². The van der Waals surface area contributed by atoms with Crippen LogP contribution in [0.2, 0.25) is 0 Å². The smallest absolute Gasteiger partial charge is 0.0620 e. The van der Waals surface area contributed by atoms with Crippen LogP contribution in [0, 0.1) is 47.3 Å². The van der Waals surface area contributed by atoms with E-state index in [9.17, 15) is 0 Å².